The first-order valence-corrected chi connectivity index (χ1v) is 6.89. The minimum absolute atomic E-state index is 0.00625. The van der Waals surface area contributed by atoms with E-state index in [1.165, 1.54) is 12.5 Å². The lowest BCUT2D eigenvalue weighted by Gasteiger charge is -2.26. The average molecular weight is 259 g/mol. The highest BCUT2D eigenvalue weighted by molar-refractivity contribution is 6.01. The third kappa shape index (κ3) is 2.86. The number of ketones is 1. The fourth-order valence-corrected chi connectivity index (χ4v) is 2.74. The molecule has 0 N–H and O–H groups in total. The van der Waals surface area contributed by atoms with Crippen LogP contribution in [-0.2, 0) is 16.0 Å². The molecular weight excluding hydrogens is 238 g/mol. The third-order valence-corrected chi connectivity index (χ3v) is 3.78. The van der Waals surface area contributed by atoms with E-state index >= 15 is 0 Å². The van der Waals surface area contributed by atoms with Crippen LogP contribution in [0.1, 0.15) is 32.8 Å². The highest BCUT2D eigenvalue weighted by Crippen LogP contribution is 2.32. The molecule has 1 aliphatic heterocycles. The molecule has 0 spiro atoms. The Hall–Kier alpha value is -1.64. The van der Waals surface area contributed by atoms with Gasteiger partial charge in [0.1, 0.15) is 5.78 Å². The van der Waals surface area contributed by atoms with Gasteiger partial charge in [-0.2, -0.15) is 0 Å². The second-order valence-electron chi connectivity index (χ2n) is 5.64. The Bertz CT molecular complexity index is 493. The SMILES string of the molecule is CC(=O)CN1C(=O)C(C(C)C)CCc2ccccc21. The third-order valence-electron chi connectivity index (χ3n) is 3.78. The number of amides is 1. The van der Waals surface area contributed by atoms with Crippen LogP contribution in [0.2, 0.25) is 0 Å². The van der Waals surface area contributed by atoms with E-state index in [9.17, 15) is 9.59 Å². The molecule has 1 heterocycles. The molecule has 102 valence electrons. The van der Waals surface area contributed by atoms with E-state index in [0.29, 0.717) is 5.92 Å². The monoisotopic (exact) mass is 259 g/mol. The van der Waals surface area contributed by atoms with Crippen molar-refractivity contribution in [1.82, 2.24) is 0 Å². The zero-order valence-electron chi connectivity index (χ0n) is 11.8. The minimum atomic E-state index is 0.00625. The number of fused-ring (bicyclic) bond motifs is 1. The van der Waals surface area contributed by atoms with Crippen molar-refractivity contribution >= 4 is 17.4 Å². The lowest BCUT2D eigenvalue weighted by Crippen LogP contribution is -2.40. The van der Waals surface area contributed by atoms with Gasteiger partial charge in [-0.25, -0.2) is 0 Å². The second kappa shape index (κ2) is 5.55. The summed E-state index contributed by atoms with van der Waals surface area (Å²) in [7, 11) is 0. The van der Waals surface area contributed by atoms with Crippen LogP contribution in [-0.4, -0.2) is 18.2 Å². The van der Waals surface area contributed by atoms with Crippen LogP contribution >= 0.6 is 0 Å². The van der Waals surface area contributed by atoms with Crippen LogP contribution < -0.4 is 4.90 Å². The van der Waals surface area contributed by atoms with Crippen molar-refractivity contribution in [3.05, 3.63) is 29.8 Å². The van der Waals surface area contributed by atoms with Crippen molar-refractivity contribution in [2.24, 2.45) is 11.8 Å². The molecule has 3 heteroatoms. The van der Waals surface area contributed by atoms with Gasteiger partial charge in [0.15, 0.2) is 0 Å². The molecule has 0 aliphatic carbocycles. The summed E-state index contributed by atoms with van der Waals surface area (Å²) in [6.07, 6.45) is 1.76. The number of anilines is 1. The summed E-state index contributed by atoms with van der Waals surface area (Å²) in [6.45, 7) is 5.86. The highest BCUT2D eigenvalue weighted by Gasteiger charge is 2.32. The summed E-state index contributed by atoms with van der Waals surface area (Å²) in [5.41, 5.74) is 2.08. The first-order valence-electron chi connectivity index (χ1n) is 6.89. The standard InChI is InChI=1S/C16H21NO2/c1-11(2)14-9-8-13-6-4-5-7-15(13)17(16(14)19)10-12(3)18/h4-7,11,14H,8-10H2,1-3H3. The van der Waals surface area contributed by atoms with E-state index in [1.807, 2.05) is 18.2 Å². The largest absolute Gasteiger partial charge is 0.304 e. The number of hydrogen-bond acceptors (Lipinski definition) is 2. The number of aryl methyl sites for hydroxylation is 1. The van der Waals surface area contributed by atoms with Gasteiger partial charge in [-0.05, 0) is 37.3 Å². The number of rotatable bonds is 3. The first-order chi connectivity index (χ1) is 9.00. The van der Waals surface area contributed by atoms with Crippen molar-refractivity contribution in [3.8, 4) is 0 Å². The van der Waals surface area contributed by atoms with Crippen molar-refractivity contribution in [3.63, 3.8) is 0 Å². The molecule has 0 saturated carbocycles. The molecule has 1 unspecified atom stereocenters. The quantitative estimate of drug-likeness (QED) is 0.837. The summed E-state index contributed by atoms with van der Waals surface area (Å²) in [5.74, 6) is 0.422. The van der Waals surface area contributed by atoms with Gasteiger partial charge >= 0.3 is 0 Å². The van der Waals surface area contributed by atoms with Crippen molar-refractivity contribution in [1.29, 1.82) is 0 Å². The van der Waals surface area contributed by atoms with Crippen LogP contribution in [0.3, 0.4) is 0 Å². The molecule has 0 saturated heterocycles. The summed E-state index contributed by atoms with van der Waals surface area (Å²) >= 11 is 0. The number of nitrogens with zero attached hydrogens (tertiary/aromatic N) is 1. The number of Topliss-reactive ketones (excluding diaryl/α,β-unsaturated/α-hetero) is 1. The number of benzene rings is 1. The van der Waals surface area contributed by atoms with Crippen LogP contribution in [0.5, 0.6) is 0 Å². The summed E-state index contributed by atoms with van der Waals surface area (Å²) in [4.78, 5) is 25.8. The van der Waals surface area contributed by atoms with Gasteiger partial charge < -0.3 is 4.90 Å². The van der Waals surface area contributed by atoms with Crippen LogP contribution in [0.25, 0.3) is 0 Å². The molecule has 1 amide bonds. The van der Waals surface area contributed by atoms with E-state index in [0.717, 1.165) is 18.5 Å². The Morgan fingerprint density at radius 3 is 2.68 bits per heavy atom. The van der Waals surface area contributed by atoms with Crippen LogP contribution in [0, 0.1) is 11.8 Å². The molecule has 0 radical (unpaired) electrons. The Morgan fingerprint density at radius 2 is 2.05 bits per heavy atom. The number of carbonyl (C=O) groups excluding carboxylic acids is 2. The van der Waals surface area contributed by atoms with E-state index in [4.69, 9.17) is 0 Å². The van der Waals surface area contributed by atoms with Crippen LogP contribution in [0.4, 0.5) is 5.69 Å². The predicted octanol–water partition coefficient (Wildman–Crippen LogP) is 2.83. The van der Waals surface area contributed by atoms with Crippen LogP contribution in [0.15, 0.2) is 24.3 Å². The Balaban J connectivity index is 2.42. The molecule has 19 heavy (non-hydrogen) atoms. The Kier molecular flexibility index (Phi) is 4.03. The molecule has 0 aromatic heterocycles. The molecule has 0 bridgehead atoms. The normalized spacial score (nSPS) is 19.3. The van der Waals surface area contributed by atoms with Gasteiger partial charge in [0.2, 0.25) is 5.91 Å². The fourth-order valence-electron chi connectivity index (χ4n) is 2.74. The second-order valence-corrected chi connectivity index (χ2v) is 5.64. The zero-order chi connectivity index (χ0) is 14.0. The molecule has 1 aromatic rings. The van der Waals surface area contributed by atoms with Gasteiger partial charge in [-0.1, -0.05) is 32.0 Å². The summed E-state index contributed by atoms with van der Waals surface area (Å²) in [5, 5.41) is 0. The van der Waals surface area contributed by atoms with Gasteiger partial charge in [-0.3, -0.25) is 9.59 Å². The van der Waals surface area contributed by atoms with Crippen molar-refractivity contribution in [2.45, 2.75) is 33.6 Å². The average Bonchev–Trinajstić information content (AvgIpc) is 2.48. The molecule has 1 aromatic carbocycles. The van der Waals surface area contributed by atoms with E-state index < -0.39 is 0 Å². The topological polar surface area (TPSA) is 37.4 Å². The molecule has 1 atom stereocenters. The molecule has 1 aliphatic rings. The first kappa shape index (κ1) is 13.8. The number of carbonyl (C=O) groups is 2. The van der Waals surface area contributed by atoms with Gasteiger partial charge in [-0.15, -0.1) is 0 Å². The van der Waals surface area contributed by atoms with E-state index in [-0.39, 0.29) is 24.2 Å². The predicted molar refractivity (Wildman–Crippen MR) is 76.1 cm³/mol. The van der Waals surface area contributed by atoms with Gasteiger partial charge in [0, 0.05) is 11.6 Å². The molecule has 3 nitrogen and oxygen atoms in total. The van der Waals surface area contributed by atoms with Crippen molar-refractivity contribution < 1.29 is 9.59 Å². The van der Waals surface area contributed by atoms with E-state index in [2.05, 4.69) is 19.9 Å². The smallest absolute Gasteiger partial charge is 0.230 e. The Labute approximate surface area is 114 Å². The molecule has 0 fully saturated rings. The summed E-state index contributed by atoms with van der Waals surface area (Å²) < 4.78 is 0. The number of hydrogen-bond donors (Lipinski definition) is 0. The lowest BCUT2D eigenvalue weighted by atomic mass is 9.90. The number of para-hydroxylation sites is 1. The molecule has 2 rings (SSSR count). The molecular formula is C16H21NO2. The minimum Gasteiger partial charge on any atom is -0.304 e. The van der Waals surface area contributed by atoms with E-state index in [1.54, 1.807) is 4.90 Å². The van der Waals surface area contributed by atoms with Gasteiger partial charge in [0.05, 0.1) is 6.54 Å². The maximum atomic E-state index is 12.7. The highest BCUT2D eigenvalue weighted by atomic mass is 16.2. The maximum Gasteiger partial charge on any atom is 0.230 e. The van der Waals surface area contributed by atoms with Gasteiger partial charge in [0.25, 0.3) is 0 Å². The zero-order valence-corrected chi connectivity index (χ0v) is 11.8. The summed E-state index contributed by atoms with van der Waals surface area (Å²) in [6, 6.07) is 7.91. The Morgan fingerprint density at radius 1 is 1.37 bits per heavy atom. The maximum absolute atomic E-state index is 12.7. The van der Waals surface area contributed by atoms with Crippen molar-refractivity contribution in [2.75, 3.05) is 11.4 Å². The lowest BCUT2D eigenvalue weighted by molar-refractivity contribution is -0.125. The fraction of sp³-hybridized carbons (Fsp3) is 0.500.